The second-order valence-corrected chi connectivity index (χ2v) is 26.8. The summed E-state index contributed by atoms with van der Waals surface area (Å²) >= 11 is 0. The number of allylic oxidation sites excluding steroid dienone is 3. The molecule has 3 atom stereocenters. The number of carbonyl (C=O) groups excluding carboxylic acids is 2. The van der Waals surface area contributed by atoms with E-state index in [2.05, 4.69) is 38.2 Å². The highest BCUT2D eigenvalue weighted by molar-refractivity contribution is 7.45. The molecule has 80 heavy (non-hydrogen) atoms. The fourth-order valence-electron chi connectivity index (χ4n) is 10.7. The summed E-state index contributed by atoms with van der Waals surface area (Å²) in [6.45, 7) is 6.89. The van der Waals surface area contributed by atoms with Crippen LogP contribution in [0.2, 0.25) is 0 Å². The fraction of sp³-hybridized carbons (Fsp3) is 0.914. The van der Waals surface area contributed by atoms with Crippen LogP contribution in [0.25, 0.3) is 0 Å². The third-order valence-electron chi connectivity index (χ3n) is 16.1. The van der Waals surface area contributed by atoms with Crippen molar-refractivity contribution in [3.05, 3.63) is 24.3 Å². The van der Waals surface area contributed by atoms with Crippen LogP contribution in [0.3, 0.4) is 0 Å². The highest BCUT2D eigenvalue weighted by Crippen LogP contribution is 2.38. The van der Waals surface area contributed by atoms with Gasteiger partial charge in [0.05, 0.1) is 33.8 Å². The Morgan fingerprint density at radius 1 is 0.425 bits per heavy atom. The quantitative estimate of drug-likeness (QED) is 0.0212. The number of quaternary nitrogens is 1. The smallest absolute Gasteiger partial charge is 0.306 e. The maximum atomic E-state index is 13.6. The van der Waals surface area contributed by atoms with Crippen molar-refractivity contribution >= 4 is 19.7 Å². The van der Waals surface area contributed by atoms with Gasteiger partial charge in [0.25, 0.3) is 7.82 Å². The maximum absolute atomic E-state index is 13.6. The molecule has 0 aromatic heterocycles. The average Bonchev–Trinajstić information content (AvgIpc) is 3.43. The summed E-state index contributed by atoms with van der Waals surface area (Å²) in [5.74, 6) is -0.526. The van der Waals surface area contributed by atoms with Crippen molar-refractivity contribution in [2.45, 2.75) is 373 Å². The lowest BCUT2D eigenvalue weighted by Crippen LogP contribution is -2.47. The summed E-state index contributed by atoms with van der Waals surface area (Å²) < 4.78 is 30.4. The van der Waals surface area contributed by atoms with E-state index < -0.39 is 20.0 Å². The summed E-state index contributed by atoms with van der Waals surface area (Å²) in [5, 5.41) is 3.05. The molecule has 474 valence electrons. The van der Waals surface area contributed by atoms with Gasteiger partial charge in [-0.25, -0.2) is 0 Å². The molecule has 0 saturated heterocycles. The van der Waals surface area contributed by atoms with E-state index >= 15 is 0 Å². The van der Waals surface area contributed by atoms with Crippen molar-refractivity contribution in [3.63, 3.8) is 0 Å². The van der Waals surface area contributed by atoms with Crippen LogP contribution in [0.4, 0.5) is 0 Å². The molecule has 0 aliphatic rings. The van der Waals surface area contributed by atoms with E-state index in [0.717, 1.165) is 70.6 Å². The van der Waals surface area contributed by atoms with Gasteiger partial charge in [-0.3, -0.25) is 14.2 Å². The normalized spacial score (nSPS) is 13.6. The van der Waals surface area contributed by atoms with Crippen LogP contribution in [0, 0.1) is 0 Å². The Kier molecular flexibility index (Phi) is 59.5. The van der Waals surface area contributed by atoms with Gasteiger partial charge in [-0.05, 0) is 57.4 Å². The minimum Gasteiger partial charge on any atom is -0.756 e. The van der Waals surface area contributed by atoms with Gasteiger partial charge in [0, 0.05) is 12.8 Å². The van der Waals surface area contributed by atoms with E-state index in [-0.39, 0.29) is 31.5 Å². The van der Waals surface area contributed by atoms with Crippen molar-refractivity contribution in [1.82, 2.24) is 5.32 Å². The molecule has 0 bridgehead atoms. The molecule has 0 radical (unpaired) electrons. The molecule has 0 aromatic carbocycles. The Morgan fingerprint density at radius 2 is 0.725 bits per heavy atom. The predicted octanol–water partition coefficient (Wildman–Crippen LogP) is 21.4. The summed E-state index contributed by atoms with van der Waals surface area (Å²) in [4.78, 5) is 40.1. The van der Waals surface area contributed by atoms with Crippen LogP contribution in [0.1, 0.15) is 361 Å². The summed E-state index contributed by atoms with van der Waals surface area (Å²) in [6.07, 6.45) is 73.1. The first-order valence-electron chi connectivity index (χ1n) is 35.1. The molecule has 0 spiro atoms. The van der Waals surface area contributed by atoms with Gasteiger partial charge in [0.15, 0.2) is 0 Å². The van der Waals surface area contributed by atoms with E-state index in [9.17, 15) is 19.0 Å². The molecule has 0 fully saturated rings. The number of rotatable bonds is 65. The minimum atomic E-state index is -4.70. The van der Waals surface area contributed by atoms with Crippen LogP contribution >= 0.6 is 7.82 Å². The Bertz CT molecular complexity index is 1420. The number of amides is 1. The first kappa shape index (κ1) is 78.5. The number of ether oxygens (including phenoxy) is 1. The van der Waals surface area contributed by atoms with Gasteiger partial charge in [0.2, 0.25) is 5.91 Å². The Morgan fingerprint density at radius 3 is 1.07 bits per heavy atom. The van der Waals surface area contributed by atoms with Crippen LogP contribution in [0.15, 0.2) is 24.3 Å². The molecule has 0 heterocycles. The molecule has 0 aliphatic heterocycles. The van der Waals surface area contributed by atoms with E-state index in [1.165, 1.54) is 257 Å². The van der Waals surface area contributed by atoms with Gasteiger partial charge in [0.1, 0.15) is 19.3 Å². The maximum Gasteiger partial charge on any atom is 0.306 e. The van der Waals surface area contributed by atoms with E-state index in [1.807, 2.05) is 33.3 Å². The highest BCUT2D eigenvalue weighted by atomic mass is 31.2. The standard InChI is InChI=1S/C70H137N2O7P/c1-7-10-13-16-19-22-25-28-30-31-32-33-34-35-36-37-38-39-40-41-43-44-47-50-53-56-59-62-69(73)71-67(66-78-80(75,76)77-65-64-72(4,5)6)68(61-58-55-52-49-46-27-24-21-18-15-12-9-3)79-70(74)63-60-57-54-51-48-45-42-29-26-23-20-17-14-11-8-2/h23,26,58,61,67-68H,7-22,24-25,27-57,59-60,62-66H2,1-6H3,(H-,71,73,75,76)/b26-23-,61-58-. The van der Waals surface area contributed by atoms with Crippen LogP contribution in [0.5, 0.6) is 0 Å². The van der Waals surface area contributed by atoms with Crippen molar-refractivity contribution < 1.29 is 37.3 Å². The topological polar surface area (TPSA) is 114 Å². The third-order valence-corrected chi connectivity index (χ3v) is 17.1. The monoisotopic (exact) mass is 1150 g/mol. The molecule has 9 nitrogen and oxygen atoms in total. The Balaban J connectivity index is 4.95. The molecule has 0 aliphatic carbocycles. The zero-order valence-corrected chi connectivity index (χ0v) is 55.2. The zero-order chi connectivity index (χ0) is 58.6. The van der Waals surface area contributed by atoms with E-state index in [4.69, 9.17) is 13.8 Å². The largest absolute Gasteiger partial charge is 0.756 e. The number of phosphoric acid groups is 1. The van der Waals surface area contributed by atoms with Crippen LogP contribution in [-0.2, 0) is 27.9 Å². The molecule has 3 unspecified atom stereocenters. The lowest BCUT2D eigenvalue weighted by atomic mass is 10.0. The van der Waals surface area contributed by atoms with Gasteiger partial charge < -0.3 is 28.5 Å². The Labute approximate surface area is 498 Å². The number of likely N-dealkylation sites (N-methyl/N-ethyl adjacent to an activating group) is 1. The number of hydrogen-bond donors (Lipinski definition) is 1. The number of nitrogens with zero attached hydrogens (tertiary/aromatic N) is 1. The number of hydrogen-bond acceptors (Lipinski definition) is 7. The summed E-state index contributed by atoms with van der Waals surface area (Å²) in [6, 6.07) is -0.885. The molecule has 1 N–H and O–H groups in total. The van der Waals surface area contributed by atoms with Crippen LogP contribution in [-0.4, -0.2) is 69.4 Å². The molecule has 1 amide bonds. The summed E-state index contributed by atoms with van der Waals surface area (Å²) in [7, 11) is 1.20. The molecule has 0 aromatic rings. The van der Waals surface area contributed by atoms with Crippen molar-refractivity contribution in [2.24, 2.45) is 0 Å². The zero-order valence-electron chi connectivity index (χ0n) is 54.3. The van der Waals surface area contributed by atoms with Crippen LogP contribution < -0.4 is 10.2 Å². The van der Waals surface area contributed by atoms with Crippen molar-refractivity contribution in [1.29, 1.82) is 0 Å². The first-order valence-corrected chi connectivity index (χ1v) is 36.6. The number of unbranched alkanes of at least 4 members (excludes halogenated alkanes) is 47. The van der Waals surface area contributed by atoms with Gasteiger partial charge in [-0.1, -0.05) is 315 Å². The first-order chi connectivity index (χ1) is 38.9. The third kappa shape index (κ3) is 61.1. The molecule has 0 saturated carbocycles. The SMILES string of the molecule is CCCCCC/C=C\CCCCCCCCCC(=O)OC(/C=C\CCCCCCCCCCCC)C(COP(=O)([O-])OCC[N+](C)(C)C)NC(=O)CCCCCCCCCCCCCCCCCCCCCCCCCCCCC. The van der Waals surface area contributed by atoms with Gasteiger partial charge in [-0.15, -0.1) is 0 Å². The Hall–Kier alpha value is -1.51. The predicted molar refractivity (Wildman–Crippen MR) is 344 cm³/mol. The van der Waals surface area contributed by atoms with Crippen molar-refractivity contribution in [3.8, 4) is 0 Å². The van der Waals surface area contributed by atoms with Gasteiger partial charge >= 0.3 is 5.97 Å². The fourth-order valence-corrected chi connectivity index (χ4v) is 11.4. The summed E-state index contributed by atoms with van der Waals surface area (Å²) in [5.41, 5.74) is 0. The number of phosphoric ester groups is 1. The lowest BCUT2D eigenvalue weighted by molar-refractivity contribution is -0.870. The second kappa shape index (κ2) is 60.6. The number of carbonyl (C=O) groups is 2. The second-order valence-electron chi connectivity index (χ2n) is 25.4. The minimum absolute atomic E-state index is 0.0191. The highest BCUT2D eigenvalue weighted by Gasteiger charge is 2.27. The molecule has 0 rings (SSSR count). The van der Waals surface area contributed by atoms with Crippen molar-refractivity contribution in [2.75, 3.05) is 40.9 Å². The molecule has 10 heteroatoms. The number of nitrogens with one attached hydrogen (secondary N) is 1. The van der Waals surface area contributed by atoms with Gasteiger partial charge in [-0.2, -0.15) is 0 Å². The number of esters is 1. The van der Waals surface area contributed by atoms with E-state index in [0.29, 0.717) is 17.4 Å². The average molecular weight is 1150 g/mol. The molecular formula is C70H137N2O7P. The lowest BCUT2D eigenvalue weighted by Gasteiger charge is -2.30. The van der Waals surface area contributed by atoms with E-state index in [1.54, 1.807) is 0 Å². The molecular weight excluding hydrogens is 1010 g/mol.